The van der Waals surface area contributed by atoms with Gasteiger partial charge in [-0.1, -0.05) is 17.7 Å². The summed E-state index contributed by atoms with van der Waals surface area (Å²) in [5.41, 5.74) is 7.87. The Morgan fingerprint density at radius 2 is 2.33 bits per heavy atom. The van der Waals surface area contributed by atoms with Crippen LogP contribution in [0.4, 0.5) is 5.69 Å². The molecule has 1 aromatic carbocycles. The smallest absolute Gasteiger partial charge is 0.0981 e. The number of ether oxygens (including phenoxy) is 1. The van der Waals surface area contributed by atoms with Gasteiger partial charge in [-0.3, -0.25) is 0 Å². The average Bonchev–Trinajstić information content (AvgIpc) is 2.39. The summed E-state index contributed by atoms with van der Waals surface area (Å²) in [6, 6.07) is 5.98. The first kappa shape index (κ1) is 13.6. The SMILES string of the molecule is CC1COC(CO)CN1c1cc(Cl)ccc1CN. The Kier molecular flexibility index (Phi) is 4.45. The molecule has 0 aromatic heterocycles. The molecule has 1 fully saturated rings. The molecule has 1 aliphatic heterocycles. The zero-order chi connectivity index (χ0) is 13.1. The summed E-state index contributed by atoms with van der Waals surface area (Å²) in [5, 5.41) is 9.92. The van der Waals surface area contributed by atoms with Crippen LogP contribution in [0.2, 0.25) is 5.02 Å². The van der Waals surface area contributed by atoms with Crippen LogP contribution in [-0.2, 0) is 11.3 Å². The summed E-state index contributed by atoms with van der Waals surface area (Å²) >= 11 is 6.06. The second kappa shape index (κ2) is 5.89. The van der Waals surface area contributed by atoms with E-state index >= 15 is 0 Å². The molecular weight excluding hydrogens is 252 g/mol. The first-order valence-electron chi connectivity index (χ1n) is 6.13. The van der Waals surface area contributed by atoms with Crippen molar-refractivity contribution >= 4 is 17.3 Å². The van der Waals surface area contributed by atoms with Crippen LogP contribution in [0.1, 0.15) is 12.5 Å². The molecule has 1 saturated heterocycles. The molecule has 18 heavy (non-hydrogen) atoms. The lowest BCUT2D eigenvalue weighted by atomic mass is 10.1. The molecule has 2 rings (SSSR count). The summed E-state index contributed by atoms with van der Waals surface area (Å²) < 4.78 is 5.54. The topological polar surface area (TPSA) is 58.7 Å². The van der Waals surface area contributed by atoms with Crippen molar-refractivity contribution in [1.29, 1.82) is 0 Å². The van der Waals surface area contributed by atoms with Gasteiger partial charge in [0.2, 0.25) is 0 Å². The molecule has 2 unspecified atom stereocenters. The number of halogens is 1. The van der Waals surface area contributed by atoms with E-state index in [1.807, 2.05) is 18.2 Å². The number of nitrogens with two attached hydrogens (primary N) is 1. The van der Waals surface area contributed by atoms with Crippen molar-refractivity contribution in [3.63, 3.8) is 0 Å². The van der Waals surface area contributed by atoms with Crippen LogP contribution in [0.15, 0.2) is 18.2 Å². The molecule has 1 heterocycles. The van der Waals surface area contributed by atoms with Gasteiger partial charge in [-0.2, -0.15) is 0 Å². The molecule has 2 atom stereocenters. The Morgan fingerprint density at radius 3 is 3.00 bits per heavy atom. The number of anilines is 1. The molecular formula is C13H19ClN2O2. The molecule has 100 valence electrons. The van der Waals surface area contributed by atoms with E-state index in [2.05, 4.69) is 11.8 Å². The van der Waals surface area contributed by atoms with E-state index in [4.69, 9.17) is 22.1 Å². The molecule has 0 radical (unpaired) electrons. The van der Waals surface area contributed by atoms with Crippen molar-refractivity contribution in [2.24, 2.45) is 5.73 Å². The van der Waals surface area contributed by atoms with Gasteiger partial charge in [0.15, 0.2) is 0 Å². The summed E-state index contributed by atoms with van der Waals surface area (Å²) in [6.45, 7) is 3.85. The Bertz CT molecular complexity index is 414. The summed E-state index contributed by atoms with van der Waals surface area (Å²) in [5.74, 6) is 0. The van der Waals surface area contributed by atoms with E-state index in [9.17, 15) is 5.11 Å². The summed E-state index contributed by atoms with van der Waals surface area (Å²) in [4.78, 5) is 2.21. The average molecular weight is 271 g/mol. The minimum absolute atomic E-state index is 0.0295. The molecule has 0 saturated carbocycles. The Labute approximate surface area is 112 Å². The van der Waals surface area contributed by atoms with Crippen LogP contribution >= 0.6 is 11.6 Å². The van der Waals surface area contributed by atoms with Crippen LogP contribution in [0.5, 0.6) is 0 Å². The van der Waals surface area contributed by atoms with Crippen molar-refractivity contribution in [2.45, 2.75) is 25.6 Å². The van der Waals surface area contributed by atoms with E-state index in [0.29, 0.717) is 24.7 Å². The first-order chi connectivity index (χ1) is 8.65. The monoisotopic (exact) mass is 270 g/mol. The number of hydrogen-bond donors (Lipinski definition) is 2. The van der Waals surface area contributed by atoms with E-state index in [1.54, 1.807) is 0 Å². The Morgan fingerprint density at radius 1 is 1.56 bits per heavy atom. The molecule has 1 aliphatic rings. The van der Waals surface area contributed by atoms with Crippen LogP contribution in [0.3, 0.4) is 0 Å². The fourth-order valence-electron chi connectivity index (χ4n) is 2.24. The molecule has 5 heteroatoms. The Balaban J connectivity index is 2.30. The zero-order valence-corrected chi connectivity index (χ0v) is 11.2. The van der Waals surface area contributed by atoms with Crippen LogP contribution in [0.25, 0.3) is 0 Å². The van der Waals surface area contributed by atoms with Gasteiger partial charge >= 0.3 is 0 Å². The first-order valence-corrected chi connectivity index (χ1v) is 6.51. The lowest BCUT2D eigenvalue weighted by Crippen LogP contribution is -2.50. The van der Waals surface area contributed by atoms with Gasteiger partial charge in [0.05, 0.1) is 19.3 Å². The van der Waals surface area contributed by atoms with Crippen LogP contribution in [0, 0.1) is 0 Å². The van der Waals surface area contributed by atoms with Gasteiger partial charge in [-0.25, -0.2) is 0 Å². The fraction of sp³-hybridized carbons (Fsp3) is 0.538. The second-order valence-electron chi connectivity index (χ2n) is 4.62. The standard InChI is InChI=1S/C13H19ClN2O2/c1-9-8-18-12(7-17)6-16(9)13-4-11(14)3-2-10(13)5-15/h2-4,9,12,17H,5-8,15H2,1H3. The summed E-state index contributed by atoms with van der Waals surface area (Å²) in [6.07, 6.45) is -0.147. The molecule has 1 aromatic rings. The quantitative estimate of drug-likeness (QED) is 0.871. The van der Waals surface area contributed by atoms with Crippen LogP contribution in [-0.4, -0.2) is 37.0 Å². The van der Waals surface area contributed by atoms with Crippen LogP contribution < -0.4 is 10.6 Å². The van der Waals surface area contributed by atoms with Gasteiger partial charge in [0.1, 0.15) is 0 Å². The predicted molar refractivity (Wildman–Crippen MR) is 73.0 cm³/mol. The number of aliphatic hydroxyl groups is 1. The highest BCUT2D eigenvalue weighted by Gasteiger charge is 2.27. The zero-order valence-electron chi connectivity index (χ0n) is 10.5. The number of morpholine rings is 1. The molecule has 0 amide bonds. The van der Waals surface area contributed by atoms with E-state index in [-0.39, 0.29) is 18.8 Å². The maximum Gasteiger partial charge on any atom is 0.0981 e. The van der Waals surface area contributed by atoms with Gasteiger partial charge < -0.3 is 20.5 Å². The molecule has 4 nitrogen and oxygen atoms in total. The minimum Gasteiger partial charge on any atom is -0.394 e. The minimum atomic E-state index is -0.147. The highest BCUT2D eigenvalue weighted by atomic mass is 35.5. The van der Waals surface area contributed by atoms with Crippen molar-refractivity contribution in [3.8, 4) is 0 Å². The lowest BCUT2D eigenvalue weighted by Gasteiger charge is -2.40. The van der Waals surface area contributed by atoms with Crippen molar-refractivity contribution in [2.75, 3.05) is 24.7 Å². The van der Waals surface area contributed by atoms with E-state index in [0.717, 1.165) is 11.3 Å². The van der Waals surface area contributed by atoms with Gasteiger partial charge in [0.25, 0.3) is 0 Å². The maximum atomic E-state index is 9.22. The fourth-order valence-corrected chi connectivity index (χ4v) is 2.41. The number of benzene rings is 1. The van der Waals surface area contributed by atoms with Gasteiger partial charge in [0, 0.05) is 29.8 Å². The highest BCUT2D eigenvalue weighted by Crippen LogP contribution is 2.28. The Hall–Kier alpha value is -0.810. The van der Waals surface area contributed by atoms with Gasteiger partial charge in [-0.15, -0.1) is 0 Å². The second-order valence-corrected chi connectivity index (χ2v) is 5.05. The number of nitrogens with zero attached hydrogens (tertiary/aromatic N) is 1. The van der Waals surface area contributed by atoms with Crippen molar-refractivity contribution in [3.05, 3.63) is 28.8 Å². The predicted octanol–water partition coefficient (Wildman–Crippen LogP) is 1.38. The number of rotatable bonds is 3. The highest BCUT2D eigenvalue weighted by molar-refractivity contribution is 6.30. The van der Waals surface area contributed by atoms with E-state index in [1.165, 1.54) is 0 Å². The maximum absolute atomic E-state index is 9.22. The largest absolute Gasteiger partial charge is 0.394 e. The van der Waals surface area contributed by atoms with Gasteiger partial charge in [-0.05, 0) is 24.6 Å². The molecule has 0 aliphatic carbocycles. The van der Waals surface area contributed by atoms with Crippen molar-refractivity contribution < 1.29 is 9.84 Å². The molecule has 3 N–H and O–H groups in total. The van der Waals surface area contributed by atoms with Crippen molar-refractivity contribution in [1.82, 2.24) is 0 Å². The molecule has 0 spiro atoms. The lowest BCUT2D eigenvalue weighted by molar-refractivity contribution is -0.0103. The van der Waals surface area contributed by atoms with E-state index < -0.39 is 0 Å². The molecule has 0 bridgehead atoms. The number of hydrogen-bond acceptors (Lipinski definition) is 4. The number of aliphatic hydroxyl groups excluding tert-OH is 1. The third kappa shape index (κ3) is 2.78. The third-order valence-electron chi connectivity index (χ3n) is 3.29. The normalized spacial score (nSPS) is 24.3. The third-order valence-corrected chi connectivity index (χ3v) is 3.52. The summed E-state index contributed by atoms with van der Waals surface area (Å²) in [7, 11) is 0.